The number of hydrogen-bond acceptors (Lipinski definition) is 6. The highest BCUT2D eigenvalue weighted by Gasteiger charge is 2.43. The van der Waals surface area contributed by atoms with Crippen LogP contribution in [0.15, 0.2) is 76.2 Å². The molecule has 2 aromatic heterocycles. The van der Waals surface area contributed by atoms with Gasteiger partial charge in [-0.05, 0) is 53.9 Å². The number of rotatable bonds is 9. The van der Waals surface area contributed by atoms with Crippen molar-refractivity contribution in [2.45, 2.75) is 38.8 Å². The van der Waals surface area contributed by atoms with Crippen molar-refractivity contribution < 1.29 is 18.7 Å². The third-order valence-electron chi connectivity index (χ3n) is 6.48. The van der Waals surface area contributed by atoms with E-state index in [1.54, 1.807) is 48.7 Å². The van der Waals surface area contributed by atoms with Crippen molar-refractivity contribution in [1.82, 2.24) is 9.88 Å². The standard InChI is InChI=1S/C29H28N2O5/c1-3-4-7-16-35-23-11-10-20(17-24(23)34-2)26-25-27(32)21-8-5-6-9-22(21)36-28(25)29(33)31(26)18-19-12-14-30-15-13-19/h5-6,8-15,17,26H,3-4,7,16,18H2,1-2H3. The lowest BCUT2D eigenvalue weighted by atomic mass is 9.98. The second-order valence-electron chi connectivity index (χ2n) is 8.83. The van der Waals surface area contributed by atoms with Crippen LogP contribution in [0.25, 0.3) is 11.0 Å². The van der Waals surface area contributed by atoms with Gasteiger partial charge in [-0.25, -0.2) is 0 Å². The fourth-order valence-corrected chi connectivity index (χ4v) is 4.67. The van der Waals surface area contributed by atoms with Crippen LogP contribution in [-0.2, 0) is 6.54 Å². The van der Waals surface area contributed by atoms with Gasteiger partial charge in [0.1, 0.15) is 5.58 Å². The van der Waals surface area contributed by atoms with E-state index in [2.05, 4.69) is 11.9 Å². The van der Waals surface area contributed by atoms with E-state index in [4.69, 9.17) is 13.9 Å². The number of carbonyl (C=O) groups excluding carboxylic acids is 1. The average Bonchev–Trinajstić information content (AvgIpc) is 3.18. The minimum atomic E-state index is -0.635. The molecule has 3 heterocycles. The first-order valence-corrected chi connectivity index (χ1v) is 12.2. The van der Waals surface area contributed by atoms with Gasteiger partial charge < -0.3 is 18.8 Å². The minimum Gasteiger partial charge on any atom is -0.493 e. The summed E-state index contributed by atoms with van der Waals surface area (Å²) in [4.78, 5) is 33.0. The zero-order valence-electron chi connectivity index (χ0n) is 20.4. The number of benzene rings is 2. The van der Waals surface area contributed by atoms with E-state index in [9.17, 15) is 9.59 Å². The van der Waals surface area contributed by atoms with Crippen molar-refractivity contribution >= 4 is 16.9 Å². The maximum Gasteiger partial charge on any atom is 0.291 e. The summed E-state index contributed by atoms with van der Waals surface area (Å²) in [5, 5.41) is 0.447. The molecule has 184 valence electrons. The number of pyridine rings is 1. The van der Waals surface area contributed by atoms with E-state index in [0.29, 0.717) is 41.2 Å². The Hall–Kier alpha value is -4.13. The molecular weight excluding hydrogens is 456 g/mol. The van der Waals surface area contributed by atoms with Crippen LogP contribution in [0, 0.1) is 0 Å². The van der Waals surface area contributed by atoms with Gasteiger partial charge in [0.25, 0.3) is 5.91 Å². The Balaban J connectivity index is 1.61. The van der Waals surface area contributed by atoms with E-state index in [1.165, 1.54) is 0 Å². The fraction of sp³-hybridized carbons (Fsp3) is 0.276. The summed E-state index contributed by atoms with van der Waals surface area (Å²) in [6.07, 6.45) is 6.53. The van der Waals surface area contributed by atoms with Crippen LogP contribution < -0.4 is 14.9 Å². The number of ether oxygens (including phenoxy) is 2. The molecule has 0 fully saturated rings. The minimum absolute atomic E-state index is 0.0802. The number of unbranched alkanes of at least 4 members (excludes halogenated alkanes) is 2. The summed E-state index contributed by atoms with van der Waals surface area (Å²) in [5.41, 5.74) is 2.17. The molecule has 5 rings (SSSR count). The van der Waals surface area contributed by atoms with Crippen molar-refractivity contribution in [3.63, 3.8) is 0 Å². The van der Waals surface area contributed by atoms with Crippen LogP contribution in [-0.4, -0.2) is 29.5 Å². The smallest absolute Gasteiger partial charge is 0.291 e. The van der Waals surface area contributed by atoms with Crippen molar-refractivity contribution in [2.24, 2.45) is 0 Å². The molecule has 0 N–H and O–H groups in total. The molecule has 0 bridgehead atoms. The number of carbonyl (C=O) groups is 1. The second kappa shape index (κ2) is 10.2. The lowest BCUT2D eigenvalue weighted by Crippen LogP contribution is -2.29. The van der Waals surface area contributed by atoms with Gasteiger partial charge in [-0.3, -0.25) is 14.6 Å². The molecule has 1 aliphatic rings. The molecule has 1 aliphatic heterocycles. The maximum absolute atomic E-state index is 13.7. The van der Waals surface area contributed by atoms with Crippen LogP contribution in [0.2, 0.25) is 0 Å². The summed E-state index contributed by atoms with van der Waals surface area (Å²) >= 11 is 0. The third kappa shape index (κ3) is 4.33. The van der Waals surface area contributed by atoms with E-state index in [-0.39, 0.29) is 17.1 Å². The molecule has 0 spiro atoms. The lowest BCUT2D eigenvalue weighted by Gasteiger charge is -2.26. The van der Waals surface area contributed by atoms with E-state index in [0.717, 1.165) is 30.4 Å². The Morgan fingerprint density at radius 3 is 2.58 bits per heavy atom. The molecule has 0 aliphatic carbocycles. The van der Waals surface area contributed by atoms with Gasteiger partial charge in [-0.1, -0.05) is 38.0 Å². The van der Waals surface area contributed by atoms with Crippen LogP contribution in [0.4, 0.5) is 0 Å². The molecule has 1 atom stereocenters. The molecule has 0 radical (unpaired) electrons. The molecule has 7 heteroatoms. The van der Waals surface area contributed by atoms with Crippen LogP contribution in [0.1, 0.15) is 59.5 Å². The predicted octanol–water partition coefficient (Wildman–Crippen LogP) is 5.51. The molecule has 1 amide bonds. The first-order valence-electron chi connectivity index (χ1n) is 12.2. The predicted molar refractivity (Wildman–Crippen MR) is 136 cm³/mol. The third-order valence-corrected chi connectivity index (χ3v) is 6.48. The van der Waals surface area contributed by atoms with Crippen LogP contribution in [0.5, 0.6) is 11.5 Å². The van der Waals surface area contributed by atoms with Crippen molar-refractivity contribution in [1.29, 1.82) is 0 Å². The van der Waals surface area contributed by atoms with Gasteiger partial charge >= 0.3 is 0 Å². The monoisotopic (exact) mass is 484 g/mol. The molecule has 0 saturated heterocycles. The molecule has 1 unspecified atom stereocenters. The molecule has 2 aromatic carbocycles. The Kier molecular flexibility index (Phi) is 6.71. The van der Waals surface area contributed by atoms with Gasteiger partial charge in [0.05, 0.1) is 30.7 Å². The van der Waals surface area contributed by atoms with Crippen molar-refractivity contribution in [3.8, 4) is 11.5 Å². The van der Waals surface area contributed by atoms with Crippen LogP contribution in [0.3, 0.4) is 0 Å². The summed E-state index contributed by atoms with van der Waals surface area (Å²) in [5.74, 6) is 0.942. The number of hydrogen-bond donors (Lipinski definition) is 0. The zero-order chi connectivity index (χ0) is 25.1. The summed E-state index contributed by atoms with van der Waals surface area (Å²) < 4.78 is 17.6. The van der Waals surface area contributed by atoms with Gasteiger partial charge in [-0.2, -0.15) is 0 Å². The average molecular weight is 485 g/mol. The van der Waals surface area contributed by atoms with E-state index >= 15 is 0 Å². The number of methoxy groups -OCH3 is 1. The number of para-hydroxylation sites is 1. The number of amides is 1. The topological polar surface area (TPSA) is 81.9 Å². The highest BCUT2D eigenvalue weighted by atomic mass is 16.5. The van der Waals surface area contributed by atoms with Crippen molar-refractivity contribution in [2.75, 3.05) is 13.7 Å². The number of nitrogens with zero attached hydrogens (tertiary/aromatic N) is 2. The Morgan fingerprint density at radius 2 is 1.81 bits per heavy atom. The summed E-state index contributed by atoms with van der Waals surface area (Å²) in [7, 11) is 1.59. The van der Waals surface area contributed by atoms with Gasteiger partial charge in [-0.15, -0.1) is 0 Å². The summed E-state index contributed by atoms with van der Waals surface area (Å²) in [6, 6.07) is 15.7. The highest BCUT2D eigenvalue weighted by Crippen LogP contribution is 2.41. The highest BCUT2D eigenvalue weighted by molar-refractivity contribution is 5.99. The van der Waals surface area contributed by atoms with Crippen molar-refractivity contribution in [3.05, 3.63) is 99.7 Å². The number of fused-ring (bicyclic) bond motifs is 2. The molecular formula is C29H28N2O5. The van der Waals surface area contributed by atoms with E-state index < -0.39 is 6.04 Å². The van der Waals surface area contributed by atoms with Gasteiger partial charge in [0, 0.05) is 18.9 Å². The summed E-state index contributed by atoms with van der Waals surface area (Å²) in [6.45, 7) is 3.04. The van der Waals surface area contributed by atoms with Gasteiger partial charge in [0.2, 0.25) is 5.76 Å². The molecule has 4 aromatic rings. The second-order valence-corrected chi connectivity index (χ2v) is 8.83. The Morgan fingerprint density at radius 1 is 1.00 bits per heavy atom. The van der Waals surface area contributed by atoms with E-state index in [1.807, 2.05) is 30.3 Å². The zero-order valence-corrected chi connectivity index (χ0v) is 20.4. The molecule has 36 heavy (non-hydrogen) atoms. The quantitative estimate of drug-likeness (QED) is 0.291. The molecule has 0 saturated carbocycles. The van der Waals surface area contributed by atoms with Crippen LogP contribution >= 0.6 is 0 Å². The first kappa shape index (κ1) is 23.6. The Labute approximate surface area is 209 Å². The largest absolute Gasteiger partial charge is 0.493 e. The number of aromatic nitrogens is 1. The fourth-order valence-electron chi connectivity index (χ4n) is 4.67. The SMILES string of the molecule is CCCCCOc1ccc(C2c3c(oc4ccccc4c3=O)C(=O)N2Cc2ccncc2)cc1OC. The molecule has 7 nitrogen and oxygen atoms in total. The normalized spacial score (nSPS) is 14.8. The van der Waals surface area contributed by atoms with Gasteiger partial charge in [0.15, 0.2) is 16.9 Å². The Bertz CT molecular complexity index is 1450. The maximum atomic E-state index is 13.7. The lowest BCUT2D eigenvalue weighted by molar-refractivity contribution is 0.0714. The first-order chi connectivity index (χ1) is 17.6.